The van der Waals surface area contributed by atoms with Crippen LogP contribution in [0.4, 0.5) is 0 Å². The number of unbranched alkanes of at least 4 members (excludes halogenated alkanes) is 54. The van der Waals surface area contributed by atoms with E-state index in [2.05, 4.69) is 48.5 Å². The summed E-state index contributed by atoms with van der Waals surface area (Å²) in [5.74, 6) is 0.241. The smallest absolute Gasteiger partial charge is 0.462 e. The van der Waals surface area contributed by atoms with Crippen molar-refractivity contribution < 1.29 is 80.2 Å². The minimum absolute atomic E-state index is 0.107. The van der Waals surface area contributed by atoms with E-state index in [-0.39, 0.29) is 25.7 Å². The molecule has 0 bridgehead atoms. The van der Waals surface area contributed by atoms with Crippen molar-refractivity contribution in [3.63, 3.8) is 0 Å². The van der Waals surface area contributed by atoms with E-state index in [0.29, 0.717) is 31.6 Å². The summed E-state index contributed by atoms with van der Waals surface area (Å²) >= 11 is 0. The molecule has 17 nitrogen and oxygen atoms in total. The molecule has 0 aliphatic rings. The minimum Gasteiger partial charge on any atom is -0.462 e. The molecule has 19 heteroatoms. The third kappa shape index (κ3) is 80.7. The van der Waals surface area contributed by atoms with Gasteiger partial charge in [0.05, 0.1) is 26.4 Å². The second-order valence-electron chi connectivity index (χ2n) is 33.2. The lowest BCUT2D eigenvalue weighted by Crippen LogP contribution is -2.30. The monoisotopic (exact) mass is 1580 g/mol. The molecule has 0 aromatic heterocycles. The summed E-state index contributed by atoms with van der Waals surface area (Å²) in [5, 5.41) is 10.7. The van der Waals surface area contributed by atoms with Crippen molar-refractivity contribution in [1.82, 2.24) is 0 Å². The third-order valence-electron chi connectivity index (χ3n) is 21.2. The largest absolute Gasteiger partial charge is 0.472 e. The Labute approximate surface area is 664 Å². The van der Waals surface area contributed by atoms with Crippen LogP contribution in [0.15, 0.2) is 0 Å². The van der Waals surface area contributed by atoms with Crippen molar-refractivity contribution >= 4 is 39.5 Å². The van der Waals surface area contributed by atoms with Crippen LogP contribution in [-0.2, 0) is 65.4 Å². The molecule has 6 atom stereocenters. The summed E-state index contributed by atoms with van der Waals surface area (Å²) in [4.78, 5) is 73.3. The summed E-state index contributed by atoms with van der Waals surface area (Å²) in [7, 11) is -9.93. The maximum Gasteiger partial charge on any atom is 0.472 e. The molecule has 0 saturated carbocycles. The topological polar surface area (TPSA) is 237 Å². The maximum atomic E-state index is 13.2. The second-order valence-corrected chi connectivity index (χ2v) is 36.1. The molecule has 0 saturated heterocycles. The van der Waals surface area contributed by atoms with Crippen molar-refractivity contribution in [1.29, 1.82) is 0 Å². The first-order valence-corrected chi connectivity index (χ1v) is 48.9. The second kappa shape index (κ2) is 78.9. The van der Waals surface area contributed by atoms with Gasteiger partial charge in [-0.25, -0.2) is 9.13 Å². The summed E-state index contributed by atoms with van der Waals surface area (Å²) in [5.41, 5.74) is 0. The summed E-state index contributed by atoms with van der Waals surface area (Å²) < 4.78 is 68.9. The molecule has 642 valence electrons. The minimum atomic E-state index is -4.97. The molecule has 0 aromatic rings. The highest BCUT2D eigenvalue weighted by Crippen LogP contribution is 2.45. The Morgan fingerprint density at radius 1 is 0.269 bits per heavy atom. The standard InChI is InChI=1S/C89H174O17P2/c1-8-10-11-12-13-14-15-16-17-18-19-20-24-27-33-38-43-48-56-63-70-86(91)99-76-84(105-88(93)72-65-58-49-44-39-34-28-25-22-21-23-26-32-37-42-47-55-62-69-82(7)9-2)78-103-107(95,96)101-74-83(90)75-102-108(97,98)104-79-85(77-100-87(92)71-64-57-52-51-54-61-68-81(5)6)106-89(94)73-66-59-50-45-40-35-30-29-31-36-41-46-53-60-67-80(3)4/h80-85,90H,8-79H2,1-7H3,(H,95,96)(H,97,98)/t82?,83-,84-,85-/m1/s1. The number of hydrogen-bond donors (Lipinski definition) is 3. The highest BCUT2D eigenvalue weighted by atomic mass is 31.2. The number of carbonyl (C=O) groups excluding carboxylic acids is 4. The molecular weight excluding hydrogens is 1400 g/mol. The fourth-order valence-electron chi connectivity index (χ4n) is 13.9. The molecule has 3 unspecified atom stereocenters. The van der Waals surface area contributed by atoms with Gasteiger partial charge in [-0.1, -0.05) is 421 Å². The van der Waals surface area contributed by atoms with Gasteiger partial charge in [-0.15, -0.1) is 0 Å². The Morgan fingerprint density at radius 2 is 0.472 bits per heavy atom. The SMILES string of the molecule is CCCCCCCCCCCCCCCCCCCCCCC(=O)OC[C@H](COP(=O)(O)OC[C@@H](O)COP(=O)(O)OC[C@@H](COC(=O)CCCCCCCCC(C)C)OC(=O)CCCCCCCCCCCCCCCCC(C)C)OC(=O)CCCCCCCCCCCCCCCCCCCCC(C)CC. The Balaban J connectivity index is 5.20. The van der Waals surface area contributed by atoms with E-state index in [0.717, 1.165) is 108 Å². The molecule has 3 N–H and O–H groups in total. The molecule has 0 aromatic carbocycles. The fraction of sp³-hybridized carbons (Fsp3) is 0.955. The van der Waals surface area contributed by atoms with Gasteiger partial charge in [-0.05, 0) is 43.4 Å². The maximum absolute atomic E-state index is 13.2. The zero-order valence-corrected chi connectivity index (χ0v) is 73.1. The number of hydrogen-bond acceptors (Lipinski definition) is 15. The first-order chi connectivity index (χ1) is 52.3. The van der Waals surface area contributed by atoms with Crippen molar-refractivity contribution in [3.8, 4) is 0 Å². The Hall–Kier alpha value is -1.94. The molecule has 0 rings (SSSR count). The third-order valence-corrected chi connectivity index (χ3v) is 23.1. The molecule has 0 spiro atoms. The zero-order chi connectivity index (χ0) is 79.3. The predicted molar refractivity (Wildman–Crippen MR) is 446 cm³/mol. The van der Waals surface area contributed by atoms with E-state index in [1.165, 1.54) is 276 Å². The van der Waals surface area contributed by atoms with E-state index in [1.54, 1.807) is 0 Å². The summed E-state index contributed by atoms with van der Waals surface area (Å²) in [6, 6.07) is 0. The van der Waals surface area contributed by atoms with Crippen molar-refractivity contribution in [2.45, 2.75) is 491 Å². The molecular formula is C89H174O17P2. The number of carbonyl (C=O) groups is 4. The van der Waals surface area contributed by atoms with E-state index in [9.17, 15) is 43.2 Å². The average molecular weight is 1580 g/mol. The first kappa shape index (κ1) is 106. The summed E-state index contributed by atoms with van der Waals surface area (Å²) in [6.45, 7) is 12.0. The normalized spacial score (nSPS) is 14.1. The highest BCUT2D eigenvalue weighted by Gasteiger charge is 2.31. The van der Waals surface area contributed by atoms with Gasteiger partial charge in [0, 0.05) is 25.7 Å². The molecule has 0 radical (unpaired) electrons. The van der Waals surface area contributed by atoms with Crippen LogP contribution in [0.2, 0.25) is 0 Å². The number of aliphatic hydroxyl groups is 1. The van der Waals surface area contributed by atoms with Crippen molar-refractivity contribution in [2.24, 2.45) is 17.8 Å². The van der Waals surface area contributed by atoms with Crippen LogP contribution in [-0.4, -0.2) is 96.7 Å². The zero-order valence-electron chi connectivity index (χ0n) is 71.3. The molecule has 0 amide bonds. The predicted octanol–water partition coefficient (Wildman–Crippen LogP) is 27.3. The number of ether oxygens (including phenoxy) is 4. The van der Waals surface area contributed by atoms with Gasteiger partial charge in [0.25, 0.3) is 0 Å². The quantitative estimate of drug-likeness (QED) is 0.0222. The van der Waals surface area contributed by atoms with Crippen molar-refractivity contribution in [2.75, 3.05) is 39.6 Å². The first-order valence-electron chi connectivity index (χ1n) is 45.9. The molecule has 0 fully saturated rings. The lowest BCUT2D eigenvalue weighted by Gasteiger charge is -2.21. The number of esters is 4. The van der Waals surface area contributed by atoms with Gasteiger partial charge in [0.15, 0.2) is 12.2 Å². The van der Waals surface area contributed by atoms with Gasteiger partial charge >= 0.3 is 39.5 Å². The van der Waals surface area contributed by atoms with Crippen LogP contribution in [0.25, 0.3) is 0 Å². The van der Waals surface area contributed by atoms with Crippen molar-refractivity contribution in [3.05, 3.63) is 0 Å². The van der Waals surface area contributed by atoms with Crippen LogP contribution in [0, 0.1) is 17.8 Å². The van der Waals surface area contributed by atoms with E-state index in [1.807, 2.05) is 0 Å². The van der Waals surface area contributed by atoms with E-state index < -0.39 is 97.5 Å². The highest BCUT2D eigenvalue weighted by molar-refractivity contribution is 7.47. The van der Waals surface area contributed by atoms with Gasteiger partial charge < -0.3 is 33.8 Å². The van der Waals surface area contributed by atoms with Gasteiger partial charge in [0.1, 0.15) is 19.3 Å². The van der Waals surface area contributed by atoms with Crippen LogP contribution in [0.5, 0.6) is 0 Å². The molecule has 0 heterocycles. The van der Waals surface area contributed by atoms with Gasteiger partial charge in [-0.2, -0.15) is 0 Å². The van der Waals surface area contributed by atoms with E-state index >= 15 is 0 Å². The average Bonchev–Trinajstić information content (AvgIpc) is 0.901. The number of rotatable bonds is 87. The summed E-state index contributed by atoms with van der Waals surface area (Å²) in [6.07, 6.45) is 71.1. The number of phosphoric acid groups is 2. The molecule has 0 aliphatic carbocycles. The number of aliphatic hydroxyl groups excluding tert-OH is 1. The lowest BCUT2D eigenvalue weighted by atomic mass is 9.99. The lowest BCUT2D eigenvalue weighted by molar-refractivity contribution is -0.161. The van der Waals surface area contributed by atoms with E-state index in [4.69, 9.17) is 37.0 Å². The van der Waals surface area contributed by atoms with Gasteiger partial charge in [0.2, 0.25) is 0 Å². The van der Waals surface area contributed by atoms with Crippen LogP contribution in [0.3, 0.4) is 0 Å². The van der Waals surface area contributed by atoms with Crippen LogP contribution < -0.4 is 0 Å². The molecule has 0 aliphatic heterocycles. The fourth-order valence-corrected chi connectivity index (χ4v) is 15.4. The van der Waals surface area contributed by atoms with Gasteiger partial charge in [-0.3, -0.25) is 37.3 Å². The Morgan fingerprint density at radius 3 is 0.704 bits per heavy atom. The Bertz CT molecular complexity index is 2080. The van der Waals surface area contributed by atoms with Crippen LogP contribution >= 0.6 is 15.6 Å². The number of phosphoric ester groups is 2. The Kier molecular flexibility index (Phi) is 77.5. The van der Waals surface area contributed by atoms with Crippen LogP contribution in [0.1, 0.15) is 472 Å². The molecule has 108 heavy (non-hydrogen) atoms.